The minimum absolute atomic E-state index is 0.0878. The van der Waals surface area contributed by atoms with Gasteiger partial charge in [-0.1, -0.05) is 0 Å². The summed E-state index contributed by atoms with van der Waals surface area (Å²) in [5.74, 6) is -0.0878. The van der Waals surface area contributed by atoms with Crippen molar-refractivity contribution in [3.8, 4) is 6.07 Å². The van der Waals surface area contributed by atoms with Crippen LogP contribution in [-0.4, -0.2) is 40.0 Å². The molecule has 0 aliphatic heterocycles. The molecule has 1 aromatic carbocycles. The first-order valence-electron chi connectivity index (χ1n) is 5.81. The summed E-state index contributed by atoms with van der Waals surface area (Å²) in [6.45, 7) is 0.641. The monoisotopic (exact) mass is 297 g/mol. The summed E-state index contributed by atoms with van der Waals surface area (Å²) in [5.41, 5.74) is 5.18. The van der Waals surface area contributed by atoms with E-state index in [0.29, 0.717) is 12.1 Å². The number of carbonyl (C=O) groups excluding carboxylic acids is 1. The molecule has 1 amide bonds. The predicted molar refractivity (Wildman–Crippen MR) is 71.6 cm³/mol. The van der Waals surface area contributed by atoms with Gasteiger partial charge in [0.05, 0.1) is 22.3 Å². The van der Waals surface area contributed by atoms with Crippen LogP contribution in [0.4, 0.5) is 4.79 Å². The van der Waals surface area contributed by atoms with Crippen LogP contribution in [0.5, 0.6) is 0 Å². The number of primary amides is 1. The van der Waals surface area contributed by atoms with Crippen molar-refractivity contribution in [2.75, 3.05) is 25.4 Å². The number of nitrogens with one attached hydrogen (secondary N) is 1. The molecule has 0 saturated carbocycles. The number of ether oxygens (including phenoxy) is 1. The molecule has 0 heterocycles. The molecule has 0 aliphatic carbocycles. The molecule has 0 saturated heterocycles. The molecule has 20 heavy (non-hydrogen) atoms. The predicted octanol–water partition coefficient (Wildman–Crippen LogP) is 0.0169. The first-order valence-corrected chi connectivity index (χ1v) is 7.47. The maximum Gasteiger partial charge on any atom is 0.404 e. The van der Waals surface area contributed by atoms with E-state index in [1.807, 2.05) is 6.07 Å². The Morgan fingerprint density at radius 3 is 2.50 bits per heavy atom. The molecule has 3 N–H and O–H groups in total. The van der Waals surface area contributed by atoms with Crippen LogP contribution in [0.2, 0.25) is 0 Å². The van der Waals surface area contributed by atoms with Crippen molar-refractivity contribution in [1.82, 2.24) is 5.32 Å². The number of nitrogens with two attached hydrogens (primary N) is 1. The smallest absolute Gasteiger partial charge is 0.404 e. The first kappa shape index (κ1) is 15.9. The Kier molecular flexibility index (Phi) is 5.96. The zero-order chi connectivity index (χ0) is 15.0. The van der Waals surface area contributed by atoms with E-state index in [4.69, 9.17) is 11.0 Å². The van der Waals surface area contributed by atoms with E-state index in [0.717, 1.165) is 0 Å². The van der Waals surface area contributed by atoms with E-state index in [1.54, 1.807) is 0 Å². The van der Waals surface area contributed by atoms with Crippen molar-refractivity contribution in [1.29, 1.82) is 5.26 Å². The van der Waals surface area contributed by atoms with Crippen LogP contribution in [0.15, 0.2) is 29.2 Å². The summed E-state index contributed by atoms with van der Waals surface area (Å²) in [7, 11) is -3.39. The molecule has 7 nitrogen and oxygen atoms in total. The molecule has 0 fully saturated rings. The number of rotatable bonds is 7. The molecule has 0 radical (unpaired) electrons. The first-order chi connectivity index (χ1) is 9.45. The number of amides is 1. The second-order valence-electron chi connectivity index (χ2n) is 3.87. The van der Waals surface area contributed by atoms with Crippen molar-refractivity contribution in [3.63, 3.8) is 0 Å². The number of carbonyl (C=O) groups is 1. The fourth-order valence-corrected chi connectivity index (χ4v) is 2.61. The van der Waals surface area contributed by atoms with E-state index in [1.165, 1.54) is 24.3 Å². The number of nitrogens with zero attached hydrogens (tertiary/aromatic N) is 1. The Labute approximate surface area is 117 Å². The summed E-state index contributed by atoms with van der Waals surface area (Å²) < 4.78 is 28.4. The minimum atomic E-state index is -3.39. The lowest BCUT2D eigenvalue weighted by atomic mass is 10.2. The Hall–Kier alpha value is -2.11. The number of benzene rings is 1. The molecule has 108 valence electrons. The number of sulfone groups is 1. The third-order valence-corrected chi connectivity index (χ3v) is 4.15. The fourth-order valence-electron chi connectivity index (χ4n) is 1.41. The third kappa shape index (κ3) is 5.26. The maximum atomic E-state index is 11.9. The summed E-state index contributed by atoms with van der Waals surface area (Å²) in [4.78, 5) is 10.5. The Bertz CT molecular complexity index is 590. The number of hydrogen-bond donors (Lipinski definition) is 2. The molecule has 0 atom stereocenters. The van der Waals surface area contributed by atoms with Gasteiger partial charge in [0.25, 0.3) is 0 Å². The largest absolute Gasteiger partial charge is 0.448 e. The fraction of sp³-hybridized carbons (Fsp3) is 0.333. The highest BCUT2D eigenvalue weighted by atomic mass is 32.2. The van der Waals surface area contributed by atoms with Crippen molar-refractivity contribution >= 4 is 15.9 Å². The molecule has 0 aromatic heterocycles. The van der Waals surface area contributed by atoms with Gasteiger partial charge >= 0.3 is 6.09 Å². The molecule has 1 aromatic rings. The van der Waals surface area contributed by atoms with Crippen molar-refractivity contribution in [2.24, 2.45) is 5.73 Å². The van der Waals surface area contributed by atoms with Crippen molar-refractivity contribution < 1.29 is 17.9 Å². The molecule has 8 heteroatoms. The van der Waals surface area contributed by atoms with E-state index in [-0.39, 0.29) is 23.8 Å². The van der Waals surface area contributed by atoms with Crippen LogP contribution in [0.1, 0.15) is 5.56 Å². The van der Waals surface area contributed by atoms with Crippen molar-refractivity contribution in [3.05, 3.63) is 29.8 Å². The zero-order valence-electron chi connectivity index (χ0n) is 10.7. The van der Waals surface area contributed by atoms with Gasteiger partial charge in [0.1, 0.15) is 6.61 Å². The zero-order valence-corrected chi connectivity index (χ0v) is 11.5. The van der Waals surface area contributed by atoms with Crippen LogP contribution < -0.4 is 11.1 Å². The van der Waals surface area contributed by atoms with E-state index < -0.39 is 15.9 Å². The van der Waals surface area contributed by atoms with Crippen LogP contribution in [0.3, 0.4) is 0 Å². The minimum Gasteiger partial charge on any atom is -0.448 e. The van der Waals surface area contributed by atoms with Crippen LogP contribution in [0, 0.1) is 11.3 Å². The van der Waals surface area contributed by atoms with Crippen molar-refractivity contribution in [2.45, 2.75) is 4.90 Å². The third-order valence-electron chi connectivity index (χ3n) is 2.41. The summed E-state index contributed by atoms with van der Waals surface area (Å²) in [5, 5.41) is 11.5. The maximum absolute atomic E-state index is 11.9. The second-order valence-corrected chi connectivity index (χ2v) is 5.98. The SMILES string of the molecule is N#Cc1ccc(S(=O)(=O)CCNCCOC(N)=O)cc1. The number of nitriles is 1. The Morgan fingerprint density at radius 2 is 1.95 bits per heavy atom. The molecule has 0 unspecified atom stereocenters. The molecule has 0 spiro atoms. The second kappa shape index (κ2) is 7.47. The quantitative estimate of drug-likeness (QED) is 0.684. The number of hydrogen-bond acceptors (Lipinski definition) is 6. The summed E-state index contributed by atoms with van der Waals surface area (Å²) >= 11 is 0. The molecular weight excluding hydrogens is 282 g/mol. The highest BCUT2D eigenvalue weighted by Gasteiger charge is 2.13. The van der Waals surface area contributed by atoms with Gasteiger partial charge in [-0.05, 0) is 24.3 Å². The van der Waals surface area contributed by atoms with Gasteiger partial charge in [0.2, 0.25) is 0 Å². The summed E-state index contributed by atoms with van der Waals surface area (Å²) in [6.07, 6.45) is -0.864. The Balaban J connectivity index is 2.41. The van der Waals surface area contributed by atoms with Crippen LogP contribution >= 0.6 is 0 Å². The lowest BCUT2D eigenvalue weighted by Crippen LogP contribution is -2.28. The molecule has 0 aliphatic rings. The van der Waals surface area contributed by atoms with E-state index in [9.17, 15) is 13.2 Å². The highest BCUT2D eigenvalue weighted by molar-refractivity contribution is 7.91. The standard InChI is InChI=1S/C12H15N3O4S/c13-9-10-1-3-11(4-2-10)20(17,18)8-6-15-5-7-19-12(14)16/h1-4,15H,5-8H2,(H2,14,16). The average molecular weight is 297 g/mol. The lowest BCUT2D eigenvalue weighted by molar-refractivity contribution is 0.157. The molecular formula is C12H15N3O4S. The Morgan fingerprint density at radius 1 is 1.30 bits per heavy atom. The summed E-state index contributed by atoms with van der Waals surface area (Å²) in [6, 6.07) is 7.65. The highest BCUT2D eigenvalue weighted by Crippen LogP contribution is 2.11. The molecule has 0 bridgehead atoms. The van der Waals surface area contributed by atoms with Gasteiger partial charge in [-0.15, -0.1) is 0 Å². The van der Waals surface area contributed by atoms with Gasteiger partial charge < -0.3 is 15.8 Å². The van der Waals surface area contributed by atoms with Gasteiger partial charge in [0, 0.05) is 13.1 Å². The van der Waals surface area contributed by atoms with E-state index in [2.05, 4.69) is 10.1 Å². The van der Waals surface area contributed by atoms with Crippen LogP contribution in [-0.2, 0) is 14.6 Å². The van der Waals surface area contributed by atoms with Gasteiger partial charge in [-0.2, -0.15) is 5.26 Å². The lowest BCUT2D eigenvalue weighted by Gasteiger charge is -2.06. The van der Waals surface area contributed by atoms with Gasteiger partial charge in [-0.3, -0.25) is 0 Å². The normalized spacial score (nSPS) is 10.8. The topological polar surface area (TPSA) is 122 Å². The molecule has 1 rings (SSSR count). The average Bonchev–Trinajstić information content (AvgIpc) is 2.42. The van der Waals surface area contributed by atoms with E-state index >= 15 is 0 Å². The van der Waals surface area contributed by atoms with Gasteiger partial charge in [0.15, 0.2) is 9.84 Å². The van der Waals surface area contributed by atoms with Crippen LogP contribution in [0.25, 0.3) is 0 Å². The van der Waals surface area contributed by atoms with Gasteiger partial charge in [-0.25, -0.2) is 13.2 Å².